The minimum atomic E-state index is -4.84. The van der Waals surface area contributed by atoms with Gasteiger partial charge in [0.05, 0.1) is 10.5 Å². The summed E-state index contributed by atoms with van der Waals surface area (Å²) in [6, 6.07) is 6.94. The van der Waals surface area contributed by atoms with Gasteiger partial charge in [-0.3, -0.25) is 0 Å². The van der Waals surface area contributed by atoms with Crippen molar-refractivity contribution in [2.75, 3.05) is 0 Å². The maximum Gasteiger partial charge on any atom is 0.573 e. The Balaban J connectivity index is 1.90. The molecule has 0 saturated carbocycles. The van der Waals surface area contributed by atoms with Crippen molar-refractivity contribution in [1.82, 2.24) is 15.0 Å². The lowest BCUT2D eigenvalue weighted by atomic mass is 10.1. The first kappa shape index (κ1) is 15.6. The topological polar surface area (TPSA) is 71.0 Å². The van der Waals surface area contributed by atoms with Crippen LogP contribution in [0.5, 0.6) is 5.75 Å². The fourth-order valence-electron chi connectivity index (χ4n) is 2.05. The highest BCUT2D eigenvalue weighted by Gasteiger charge is 2.32. The van der Waals surface area contributed by atoms with Gasteiger partial charge in [0.2, 0.25) is 0 Å². The molecule has 5 nitrogen and oxygen atoms in total. The smallest absolute Gasteiger partial charge is 0.404 e. The van der Waals surface area contributed by atoms with E-state index in [9.17, 15) is 18.3 Å². The highest BCUT2D eigenvalue weighted by molar-refractivity contribution is 6.32. The van der Waals surface area contributed by atoms with Crippen molar-refractivity contribution in [3.63, 3.8) is 0 Å². The number of H-pyrrole nitrogens is 1. The van der Waals surface area contributed by atoms with Gasteiger partial charge < -0.3 is 14.8 Å². The minimum Gasteiger partial charge on any atom is -0.404 e. The number of aromatic amines is 1. The van der Waals surface area contributed by atoms with Crippen molar-refractivity contribution in [3.05, 3.63) is 52.9 Å². The summed E-state index contributed by atoms with van der Waals surface area (Å²) < 4.78 is 40.4. The molecular formula is C14H9ClF3N3O2. The zero-order valence-electron chi connectivity index (χ0n) is 11.3. The summed E-state index contributed by atoms with van der Waals surface area (Å²) in [5.74, 6) is -0.333. The maximum absolute atomic E-state index is 12.2. The number of hydrogen-bond donors (Lipinski definition) is 2. The molecule has 1 aromatic carbocycles. The van der Waals surface area contributed by atoms with Crippen LogP contribution in [-0.4, -0.2) is 26.4 Å². The van der Waals surface area contributed by atoms with Gasteiger partial charge in [0.15, 0.2) is 5.65 Å². The van der Waals surface area contributed by atoms with E-state index in [0.717, 1.165) is 6.07 Å². The van der Waals surface area contributed by atoms with Crippen molar-refractivity contribution in [2.24, 2.45) is 0 Å². The van der Waals surface area contributed by atoms with Crippen molar-refractivity contribution >= 4 is 22.8 Å². The van der Waals surface area contributed by atoms with E-state index >= 15 is 0 Å². The number of nitrogens with one attached hydrogen (secondary N) is 1. The summed E-state index contributed by atoms with van der Waals surface area (Å²) in [5.41, 5.74) is 1.32. The Kier molecular flexibility index (Phi) is 3.87. The zero-order chi connectivity index (χ0) is 16.6. The number of nitrogens with zero attached hydrogens (tertiary/aromatic N) is 2. The summed E-state index contributed by atoms with van der Waals surface area (Å²) in [7, 11) is 0. The highest BCUT2D eigenvalue weighted by atomic mass is 35.5. The third-order valence-electron chi connectivity index (χ3n) is 3.03. The van der Waals surface area contributed by atoms with Crippen LogP contribution >= 0.6 is 11.6 Å². The molecule has 1 atom stereocenters. The molecule has 0 amide bonds. The van der Waals surface area contributed by atoms with E-state index in [2.05, 4.69) is 19.7 Å². The van der Waals surface area contributed by atoms with E-state index in [1.54, 1.807) is 18.3 Å². The fourth-order valence-corrected chi connectivity index (χ4v) is 2.27. The Labute approximate surface area is 132 Å². The molecule has 3 rings (SSSR count). The Morgan fingerprint density at radius 3 is 2.70 bits per heavy atom. The van der Waals surface area contributed by atoms with Crippen molar-refractivity contribution in [1.29, 1.82) is 0 Å². The molecule has 0 fully saturated rings. The summed E-state index contributed by atoms with van der Waals surface area (Å²) >= 11 is 5.77. The van der Waals surface area contributed by atoms with Crippen LogP contribution in [0.25, 0.3) is 11.2 Å². The highest BCUT2D eigenvalue weighted by Crippen LogP contribution is 2.33. The third kappa shape index (κ3) is 3.38. The van der Waals surface area contributed by atoms with Gasteiger partial charge in [-0.1, -0.05) is 17.7 Å². The predicted octanol–water partition coefficient (Wildman–Crippen LogP) is 3.59. The molecule has 0 bridgehead atoms. The SMILES string of the molecule is OC(c1ccc(OC(F)(F)F)c(Cl)c1)c1nc2ncccc2[nH]1. The molecule has 9 heteroatoms. The van der Waals surface area contributed by atoms with Crippen molar-refractivity contribution in [3.8, 4) is 5.75 Å². The Bertz CT molecular complexity index is 818. The number of aliphatic hydroxyl groups excluding tert-OH is 1. The second kappa shape index (κ2) is 5.71. The first-order chi connectivity index (χ1) is 10.8. The number of aromatic nitrogens is 3. The second-order valence-electron chi connectivity index (χ2n) is 4.64. The molecule has 2 aromatic heterocycles. The van der Waals surface area contributed by atoms with E-state index in [1.165, 1.54) is 12.1 Å². The fraction of sp³-hybridized carbons (Fsp3) is 0.143. The largest absolute Gasteiger partial charge is 0.573 e. The van der Waals surface area contributed by atoms with Crippen molar-refractivity contribution in [2.45, 2.75) is 12.5 Å². The van der Waals surface area contributed by atoms with E-state index in [0.29, 0.717) is 11.2 Å². The van der Waals surface area contributed by atoms with Crippen LogP contribution in [0.1, 0.15) is 17.5 Å². The lowest BCUT2D eigenvalue weighted by molar-refractivity contribution is -0.274. The van der Waals surface area contributed by atoms with Crippen LogP contribution in [0, 0.1) is 0 Å². The molecule has 3 aromatic rings. The number of pyridine rings is 1. The van der Waals surface area contributed by atoms with E-state index in [1.807, 2.05) is 0 Å². The molecule has 0 saturated heterocycles. The molecule has 0 aliphatic heterocycles. The molecule has 23 heavy (non-hydrogen) atoms. The standard InChI is InChI=1S/C14H9ClF3N3O2/c15-8-6-7(3-4-10(8)23-14(16,17)18)11(22)13-20-9-2-1-5-19-12(9)21-13/h1-6,11,22H,(H,19,20,21). The number of rotatable bonds is 3. The predicted molar refractivity (Wildman–Crippen MR) is 76.1 cm³/mol. The third-order valence-corrected chi connectivity index (χ3v) is 3.33. The van der Waals surface area contributed by atoms with Gasteiger partial charge in [-0.2, -0.15) is 0 Å². The Morgan fingerprint density at radius 1 is 1.26 bits per heavy atom. The number of halogens is 4. The lowest BCUT2D eigenvalue weighted by Crippen LogP contribution is -2.17. The summed E-state index contributed by atoms with van der Waals surface area (Å²) in [6.07, 6.45) is -4.48. The van der Waals surface area contributed by atoms with Crippen molar-refractivity contribution < 1.29 is 23.0 Å². The normalized spacial score (nSPS) is 13.3. The Hall–Kier alpha value is -2.32. The number of hydrogen-bond acceptors (Lipinski definition) is 4. The molecule has 0 aliphatic carbocycles. The molecule has 2 heterocycles. The molecular weight excluding hydrogens is 335 g/mol. The monoisotopic (exact) mass is 343 g/mol. The zero-order valence-corrected chi connectivity index (χ0v) is 12.1. The number of benzene rings is 1. The average molecular weight is 344 g/mol. The number of alkyl halides is 3. The van der Waals surface area contributed by atoms with Gasteiger partial charge in [-0.05, 0) is 29.8 Å². The van der Waals surface area contributed by atoms with E-state index < -0.39 is 18.2 Å². The minimum absolute atomic E-state index is 0.208. The van der Waals surface area contributed by atoms with Gasteiger partial charge >= 0.3 is 6.36 Å². The number of fused-ring (bicyclic) bond motifs is 1. The summed E-state index contributed by atoms with van der Waals surface area (Å²) in [5, 5.41) is 10.0. The second-order valence-corrected chi connectivity index (χ2v) is 5.04. The molecule has 1 unspecified atom stereocenters. The molecule has 120 valence electrons. The van der Waals surface area contributed by atoms with Crippen LogP contribution in [0.3, 0.4) is 0 Å². The number of imidazole rings is 1. The van der Waals surface area contributed by atoms with Crippen LogP contribution in [0.15, 0.2) is 36.5 Å². The number of ether oxygens (including phenoxy) is 1. The number of aliphatic hydroxyl groups is 1. The molecule has 2 N–H and O–H groups in total. The Morgan fingerprint density at radius 2 is 2.04 bits per heavy atom. The van der Waals surface area contributed by atoms with Gasteiger partial charge in [-0.15, -0.1) is 13.2 Å². The lowest BCUT2D eigenvalue weighted by Gasteiger charge is -2.13. The van der Waals surface area contributed by atoms with Gasteiger partial charge in [0.1, 0.15) is 17.7 Å². The average Bonchev–Trinajstić information content (AvgIpc) is 2.91. The first-order valence-electron chi connectivity index (χ1n) is 6.37. The summed E-state index contributed by atoms with van der Waals surface area (Å²) in [6.45, 7) is 0. The maximum atomic E-state index is 12.2. The van der Waals surface area contributed by atoms with Crippen LogP contribution in [0.4, 0.5) is 13.2 Å². The summed E-state index contributed by atoms with van der Waals surface area (Å²) in [4.78, 5) is 11.0. The molecule has 0 aliphatic rings. The van der Waals surface area contributed by atoms with Crippen LogP contribution < -0.4 is 4.74 Å². The van der Waals surface area contributed by atoms with Gasteiger partial charge in [0.25, 0.3) is 0 Å². The van der Waals surface area contributed by atoms with E-state index in [4.69, 9.17) is 11.6 Å². The molecule has 0 radical (unpaired) electrons. The van der Waals surface area contributed by atoms with Crippen LogP contribution in [-0.2, 0) is 0 Å². The quantitative estimate of drug-likeness (QED) is 0.762. The van der Waals surface area contributed by atoms with E-state index in [-0.39, 0.29) is 16.4 Å². The first-order valence-corrected chi connectivity index (χ1v) is 6.75. The van der Waals surface area contributed by atoms with Gasteiger partial charge in [-0.25, -0.2) is 9.97 Å². The van der Waals surface area contributed by atoms with Crippen LogP contribution in [0.2, 0.25) is 5.02 Å². The van der Waals surface area contributed by atoms with Gasteiger partial charge in [0, 0.05) is 6.20 Å². The molecule has 0 spiro atoms.